The molecule has 2 aromatic rings. The topological polar surface area (TPSA) is 55.8 Å². The van der Waals surface area contributed by atoms with Crippen LogP contribution in [0.5, 0.6) is 11.5 Å². The number of carbonyl (C=O) groups is 2. The molecule has 0 aromatic heterocycles. The van der Waals surface area contributed by atoms with Crippen molar-refractivity contribution in [1.29, 1.82) is 0 Å². The van der Waals surface area contributed by atoms with Gasteiger partial charge in [-0.05, 0) is 65.6 Å². The molecule has 0 saturated carbocycles. The Hall–Kier alpha value is -3.05. The Bertz CT molecular complexity index is 1310. The lowest BCUT2D eigenvalue weighted by Crippen LogP contribution is -2.44. The summed E-state index contributed by atoms with van der Waals surface area (Å²) in [5, 5.41) is 0.650. The van der Waals surface area contributed by atoms with Crippen molar-refractivity contribution in [3.63, 3.8) is 0 Å². The SMILES string of the molecule is CC1(C)CC(=O)C2=C(C1)N(c1ccc(Cl)cc1)C1=C(C(=O)CC(C)(C)C1)C2c1ccc2c(c1)OCO2. The molecule has 0 radical (unpaired) electrons. The highest BCUT2D eigenvalue weighted by molar-refractivity contribution is 6.30. The molecule has 0 spiro atoms. The van der Waals surface area contributed by atoms with E-state index in [0.29, 0.717) is 29.4 Å². The normalized spacial score (nSPS) is 22.6. The molecule has 0 bridgehead atoms. The van der Waals surface area contributed by atoms with Gasteiger partial charge in [0.1, 0.15) is 0 Å². The zero-order valence-electron chi connectivity index (χ0n) is 21.1. The van der Waals surface area contributed by atoms with Gasteiger partial charge in [0.05, 0.1) is 0 Å². The molecule has 0 atom stereocenters. The summed E-state index contributed by atoms with van der Waals surface area (Å²) in [6, 6.07) is 13.5. The number of fused-ring (bicyclic) bond motifs is 1. The summed E-state index contributed by atoms with van der Waals surface area (Å²) in [5.74, 6) is 1.14. The van der Waals surface area contributed by atoms with E-state index in [-0.39, 0.29) is 29.2 Å². The number of hydrogen-bond donors (Lipinski definition) is 0. The highest BCUT2D eigenvalue weighted by atomic mass is 35.5. The Balaban J connectivity index is 1.64. The van der Waals surface area contributed by atoms with E-state index >= 15 is 0 Å². The van der Waals surface area contributed by atoms with E-state index in [1.807, 2.05) is 42.5 Å². The van der Waals surface area contributed by atoms with E-state index in [1.165, 1.54) is 0 Å². The summed E-state index contributed by atoms with van der Waals surface area (Å²) in [6.45, 7) is 8.75. The monoisotopic (exact) mass is 503 g/mol. The summed E-state index contributed by atoms with van der Waals surface area (Å²) in [5.41, 5.74) is 4.90. The fraction of sp³-hybridized carbons (Fsp3) is 0.400. The second-order valence-electron chi connectivity index (χ2n) is 12.0. The number of hydrogen-bond acceptors (Lipinski definition) is 5. The van der Waals surface area contributed by atoms with E-state index in [0.717, 1.165) is 46.6 Å². The van der Waals surface area contributed by atoms with Gasteiger partial charge in [0, 0.05) is 52.0 Å². The molecule has 186 valence electrons. The van der Waals surface area contributed by atoms with Gasteiger partial charge in [-0.1, -0.05) is 45.4 Å². The fourth-order valence-corrected chi connectivity index (χ4v) is 6.42. The number of allylic oxidation sites excluding steroid dienone is 4. The molecule has 4 aliphatic rings. The lowest BCUT2D eigenvalue weighted by molar-refractivity contribution is -0.119. The number of rotatable bonds is 2. The van der Waals surface area contributed by atoms with Crippen LogP contribution in [0.1, 0.15) is 64.9 Å². The first-order valence-electron chi connectivity index (χ1n) is 12.5. The number of ether oxygens (including phenoxy) is 2. The Morgan fingerprint density at radius 1 is 0.778 bits per heavy atom. The van der Waals surface area contributed by atoms with Gasteiger partial charge in [-0.15, -0.1) is 0 Å². The lowest BCUT2D eigenvalue weighted by Gasteiger charge is -2.49. The summed E-state index contributed by atoms with van der Waals surface area (Å²) >= 11 is 6.24. The average molecular weight is 504 g/mol. The molecular weight excluding hydrogens is 474 g/mol. The minimum Gasteiger partial charge on any atom is -0.454 e. The first kappa shape index (κ1) is 23.4. The maximum atomic E-state index is 13.9. The van der Waals surface area contributed by atoms with Gasteiger partial charge in [-0.2, -0.15) is 0 Å². The lowest BCUT2D eigenvalue weighted by atomic mass is 9.63. The van der Waals surface area contributed by atoms with Crippen LogP contribution in [0.4, 0.5) is 5.69 Å². The predicted octanol–water partition coefficient (Wildman–Crippen LogP) is 6.96. The van der Waals surface area contributed by atoms with Gasteiger partial charge in [-0.25, -0.2) is 0 Å². The van der Waals surface area contributed by atoms with Crippen LogP contribution in [0.25, 0.3) is 0 Å². The van der Waals surface area contributed by atoms with Gasteiger partial charge >= 0.3 is 0 Å². The van der Waals surface area contributed by atoms with Crippen LogP contribution in [0.2, 0.25) is 5.02 Å². The van der Waals surface area contributed by atoms with Gasteiger partial charge in [0.15, 0.2) is 23.1 Å². The van der Waals surface area contributed by atoms with Gasteiger partial charge in [0.2, 0.25) is 6.79 Å². The minimum absolute atomic E-state index is 0.104. The van der Waals surface area contributed by atoms with Crippen molar-refractivity contribution < 1.29 is 19.1 Å². The quantitative estimate of drug-likeness (QED) is 0.443. The van der Waals surface area contributed by atoms with Crippen LogP contribution < -0.4 is 14.4 Å². The molecule has 0 saturated heterocycles. The maximum absolute atomic E-state index is 13.9. The van der Waals surface area contributed by atoms with Crippen molar-refractivity contribution in [2.24, 2.45) is 10.8 Å². The van der Waals surface area contributed by atoms with Crippen LogP contribution >= 0.6 is 11.6 Å². The molecular formula is C30H30ClNO4. The molecule has 6 rings (SSSR count). The highest BCUT2D eigenvalue weighted by Crippen LogP contribution is 2.56. The van der Waals surface area contributed by atoms with E-state index in [9.17, 15) is 9.59 Å². The van der Waals surface area contributed by atoms with Crippen LogP contribution in [0.3, 0.4) is 0 Å². The van der Waals surface area contributed by atoms with E-state index in [2.05, 4.69) is 32.6 Å². The zero-order chi connectivity index (χ0) is 25.4. The predicted molar refractivity (Wildman–Crippen MR) is 139 cm³/mol. The van der Waals surface area contributed by atoms with Crippen molar-refractivity contribution in [3.8, 4) is 11.5 Å². The Morgan fingerprint density at radius 2 is 1.33 bits per heavy atom. The average Bonchev–Trinajstić information content (AvgIpc) is 3.25. The standard InChI is InChI=1S/C30H30ClNO4/c1-29(2)12-20-27(22(33)14-29)26(17-5-10-24-25(11-17)36-16-35-24)28-21(13-30(3,4)15-23(28)34)32(20)19-8-6-18(31)7-9-19/h5-11,26H,12-16H2,1-4H3. The molecule has 2 heterocycles. The summed E-state index contributed by atoms with van der Waals surface area (Å²) < 4.78 is 11.2. The van der Waals surface area contributed by atoms with Crippen LogP contribution in [-0.4, -0.2) is 18.4 Å². The molecule has 0 fully saturated rings. The van der Waals surface area contributed by atoms with Crippen molar-refractivity contribution in [3.05, 3.63) is 75.6 Å². The van der Waals surface area contributed by atoms with Crippen molar-refractivity contribution in [2.75, 3.05) is 11.7 Å². The first-order valence-corrected chi connectivity index (χ1v) is 12.9. The first-order chi connectivity index (χ1) is 17.0. The van der Waals surface area contributed by atoms with E-state index < -0.39 is 5.92 Å². The molecule has 6 heteroatoms. The third-order valence-electron chi connectivity index (χ3n) is 7.72. The molecule has 36 heavy (non-hydrogen) atoms. The van der Waals surface area contributed by atoms with Crippen LogP contribution in [-0.2, 0) is 9.59 Å². The number of benzene rings is 2. The highest BCUT2D eigenvalue weighted by Gasteiger charge is 2.49. The van der Waals surface area contributed by atoms with Gasteiger partial charge in [0.25, 0.3) is 0 Å². The molecule has 0 amide bonds. The second-order valence-corrected chi connectivity index (χ2v) is 12.4. The third kappa shape index (κ3) is 3.76. The van der Waals surface area contributed by atoms with E-state index in [4.69, 9.17) is 21.1 Å². The smallest absolute Gasteiger partial charge is 0.231 e. The van der Waals surface area contributed by atoms with Crippen LogP contribution in [0, 0.1) is 10.8 Å². The number of nitrogens with zero attached hydrogens (tertiary/aromatic N) is 1. The largest absolute Gasteiger partial charge is 0.454 e. The number of Topliss-reactive ketones (excluding diaryl/α,β-unsaturated/α-hetero) is 2. The Morgan fingerprint density at radius 3 is 1.92 bits per heavy atom. The molecule has 0 unspecified atom stereocenters. The van der Waals surface area contributed by atoms with Gasteiger partial charge in [-0.3, -0.25) is 9.59 Å². The summed E-state index contributed by atoms with van der Waals surface area (Å²) in [4.78, 5) is 30.0. The second kappa shape index (κ2) is 7.97. The number of carbonyl (C=O) groups excluding carboxylic acids is 2. The third-order valence-corrected chi connectivity index (χ3v) is 7.98. The van der Waals surface area contributed by atoms with Crippen LogP contribution in [0.15, 0.2) is 65.0 Å². The van der Waals surface area contributed by atoms with E-state index in [1.54, 1.807) is 0 Å². The van der Waals surface area contributed by atoms with Crippen molar-refractivity contribution in [1.82, 2.24) is 0 Å². The maximum Gasteiger partial charge on any atom is 0.231 e. The number of ketones is 2. The zero-order valence-corrected chi connectivity index (χ0v) is 21.9. The van der Waals surface area contributed by atoms with Gasteiger partial charge < -0.3 is 14.4 Å². The molecule has 2 aromatic carbocycles. The minimum atomic E-state index is -0.416. The number of anilines is 1. The Labute approximate surface area is 216 Å². The van der Waals surface area contributed by atoms with Crippen molar-refractivity contribution in [2.45, 2.75) is 59.3 Å². The number of halogens is 1. The fourth-order valence-electron chi connectivity index (χ4n) is 6.29. The molecule has 2 aliphatic carbocycles. The molecule has 5 nitrogen and oxygen atoms in total. The van der Waals surface area contributed by atoms with Crippen molar-refractivity contribution >= 4 is 28.9 Å². The molecule has 2 aliphatic heterocycles. The summed E-state index contributed by atoms with van der Waals surface area (Å²) in [6.07, 6.45) is 2.37. The Kier molecular flexibility index (Phi) is 5.17. The summed E-state index contributed by atoms with van der Waals surface area (Å²) in [7, 11) is 0. The molecule has 0 N–H and O–H groups in total.